The zero-order chi connectivity index (χ0) is 15.4. The molecule has 22 heavy (non-hydrogen) atoms. The van der Waals surface area contributed by atoms with Crippen molar-refractivity contribution in [2.45, 2.75) is 20.0 Å². The zero-order valence-corrected chi connectivity index (χ0v) is 12.5. The second-order valence-corrected chi connectivity index (χ2v) is 5.06. The summed E-state index contributed by atoms with van der Waals surface area (Å²) in [5, 5.41) is 3.12. The van der Waals surface area contributed by atoms with Crippen LogP contribution in [-0.4, -0.2) is 16.1 Å². The Morgan fingerprint density at radius 1 is 1.09 bits per heavy atom. The highest BCUT2D eigenvalue weighted by Crippen LogP contribution is 2.25. The first-order chi connectivity index (χ1) is 10.7. The average Bonchev–Trinajstić information content (AvgIpc) is 2.96. The molecular formula is C17H17N3O2. The van der Waals surface area contributed by atoms with Crippen LogP contribution in [0.1, 0.15) is 13.8 Å². The summed E-state index contributed by atoms with van der Waals surface area (Å²) in [4.78, 5) is 8.45. The lowest BCUT2D eigenvalue weighted by molar-refractivity contribution is 0.242. The monoisotopic (exact) mass is 295 g/mol. The Labute approximate surface area is 129 Å². The normalized spacial score (nSPS) is 10.7. The molecule has 0 fully saturated rings. The molecule has 0 aliphatic rings. The molecule has 0 saturated carbocycles. The van der Waals surface area contributed by atoms with Crippen molar-refractivity contribution in [2.75, 3.05) is 5.32 Å². The molecule has 1 aromatic carbocycles. The van der Waals surface area contributed by atoms with Crippen molar-refractivity contribution in [3.63, 3.8) is 0 Å². The van der Waals surface area contributed by atoms with Gasteiger partial charge < -0.3 is 14.5 Å². The third-order valence-electron chi connectivity index (χ3n) is 2.88. The minimum absolute atomic E-state index is 0.132. The number of anilines is 2. The number of aromatic nitrogens is 2. The van der Waals surface area contributed by atoms with Gasteiger partial charge in [0.25, 0.3) is 6.01 Å². The molecule has 0 amide bonds. The number of benzene rings is 1. The molecule has 112 valence electrons. The molecule has 1 N–H and O–H groups in total. The van der Waals surface area contributed by atoms with E-state index >= 15 is 0 Å². The lowest BCUT2D eigenvalue weighted by atomic mass is 10.3. The van der Waals surface area contributed by atoms with E-state index in [0.717, 1.165) is 17.1 Å². The summed E-state index contributed by atoms with van der Waals surface area (Å²) in [5.74, 6) is 1.43. The summed E-state index contributed by atoms with van der Waals surface area (Å²) in [6.07, 6.45) is 3.50. The Morgan fingerprint density at radius 3 is 2.77 bits per heavy atom. The highest BCUT2D eigenvalue weighted by Gasteiger charge is 2.08. The molecule has 0 saturated heterocycles. The van der Waals surface area contributed by atoms with Gasteiger partial charge in [0.05, 0.1) is 12.3 Å². The number of nitrogens with zero attached hydrogens (tertiary/aromatic N) is 2. The lowest BCUT2D eigenvalue weighted by Gasteiger charge is -2.10. The van der Waals surface area contributed by atoms with E-state index < -0.39 is 0 Å². The largest absolute Gasteiger partial charge is 0.491 e. The van der Waals surface area contributed by atoms with Crippen LogP contribution in [0.15, 0.2) is 59.3 Å². The van der Waals surface area contributed by atoms with Gasteiger partial charge in [-0.25, -0.2) is 4.98 Å². The van der Waals surface area contributed by atoms with E-state index in [-0.39, 0.29) is 6.10 Å². The van der Waals surface area contributed by atoms with Crippen LogP contribution in [0.4, 0.5) is 11.7 Å². The SMILES string of the molecule is CC(C)Oc1cccc(Nc2ncc(-c3ccccn3)o2)c1. The van der Waals surface area contributed by atoms with Gasteiger partial charge in [-0.2, -0.15) is 0 Å². The Balaban J connectivity index is 1.75. The van der Waals surface area contributed by atoms with E-state index in [9.17, 15) is 0 Å². The zero-order valence-electron chi connectivity index (χ0n) is 12.5. The average molecular weight is 295 g/mol. The number of oxazole rings is 1. The van der Waals surface area contributed by atoms with Gasteiger partial charge in [-0.1, -0.05) is 12.1 Å². The van der Waals surface area contributed by atoms with E-state index in [1.165, 1.54) is 0 Å². The molecular weight excluding hydrogens is 278 g/mol. The number of ether oxygens (including phenoxy) is 1. The van der Waals surface area contributed by atoms with Crippen molar-refractivity contribution in [2.24, 2.45) is 0 Å². The molecule has 0 unspecified atom stereocenters. The van der Waals surface area contributed by atoms with Crippen LogP contribution >= 0.6 is 0 Å². The molecule has 0 radical (unpaired) electrons. The number of nitrogens with one attached hydrogen (secondary N) is 1. The molecule has 0 bridgehead atoms. The van der Waals surface area contributed by atoms with Gasteiger partial charge in [0.1, 0.15) is 11.4 Å². The molecule has 3 aromatic rings. The summed E-state index contributed by atoms with van der Waals surface area (Å²) in [7, 11) is 0. The van der Waals surface area contributed by atoms with E-state index in [1.807, 2.05) is 56.3 Å². The fraction of sp³-hybridized carbons (Fsp3) is 0.176. The van der Waals surface area contributed by atoms with Crippen molar-refractivity contribution in [1.29, 1.82) is 0 Å². The molecule has 2 heterocycles. The maximum absolute atomic E-state index is 5.67. The quantitative estimate of drug-likeness (QED) is 0.761. The summed E-state index contributed by atoms with van der Waals surface area (Å²) < 4.78 is 11.3. The Morgan fingerprint density at radius 2 is 2.00 bits per heavy atom. The molecule has 3 rings (SSSR count). The van der Waals surface area contributed by atoms with E-state index in [4.69, 9.17) is 9.15 Å². The summed E-state index contributed by atoms with van der Waals surface area (Å²) in [6, 6.07) is 13.7. The third-order valence-corrected chi connectivity index (χ3v) is 2.88. The summed E-state index contributed by atoms with van der Waals surface area (Å²) in [5.41, 5.74) is 1.60. The van der Waals surface area contributed by atoms with E-state index in [0.29, 0.717) is 11.8 Å². The van der Waals surface area contributed by atoms with Crippen molar-refractivity contribution in [3.05, 3.63) is 54.9 Å². The van der Waals surface area contributed by atoms with Crippen LogP contribution < -0.4 is 10.1 Å². The first kappa shape index (κ1) is 14.1. The Hall–Kier alpha value is -2.82. The minimum Gasteiger partial charge on any atom is -0.491 e. The molecule has 0 aliphatic carbocycles. The van der Waals surface area contributed by atoms with Crippen LogP contribution in [0, 0.1) is 0 Å². The molecule has 5 nitrogen and oxygen atoms in total. The summed E-state index contributed by atoms with van der Waals surface area (Å²) >= 11 is 0. The van der Waals surface area contributed by atoms with Crippen LogP contribution in [0.5, 0.6) is 5.75 Å². The number of pyridine rings is 1. The first-order valence-electron chi connectivity index (χ1n) is 7.12. The maximum atomic E-state index is 5.67. The second-order valence-electron chi connectivity index (χ2n) is 5.06. The molecule has 0 spiro atoms. The fourth-order valence-corrected chi connectivity index (χ4v) is 2.00. The highest BCUT2D eigenvalue weighted by atomic mass is 16.5. The van der Waals surface area contributed by atoms with E-state index in [1.54, 1.807) is 12.4 Å². The second kappa shape index (κ2) is 6.30. The van der Waals surface area contributed by atoms with Gasteiger partial charge in [0.15, 0.2) is 5.76 Å². The highest BCUT2D eigenvalue weighted by molar-refractivity contribution is 5.58. The predicted octanol–water partition coefficient (Wildman–Crippen LogP) is 4.27. The minimum atomic E-state index is 0.132. The van der Waals surface area contributed by atoms with Crippen molar-refractivity contribution < 1.29 is 9.15 Å². The van der Waals surface area contributed by atoms with Gasteiger partial charge >= 0.3 is 0 Å². The van der Waals surface area contributed by atoms with Crippen LogP contribution in [0.3, 0.4) is 0 Å². The van der Waals surface area contributed by atoms with Gasteiger partial charge in [-0.3, -0.25) is 4.98 Å². The Bertz CT molecular complexity index is 738. The van der Waals surface area contributed by atoms with Crippen LogP contribution in [0.25, 0.3) is 11.5 Å². The molecule has 0 atom stereocenters. The molecule has 5 heteroatoms. The van der Waals surface area contributed by atoms with Gasteiger partial charge in [-0.15, -0.1) is 0 Å². The lowest BCUT2D eigenvalue weighted by Crippen LogP contribution is -2.05. The van der Waals surface area contributed by atoms with Gasteiger partial charge in [-0.05, 0) is 38.1 Å². The van der Waals surface area contributed by atoms with Gasteiger partial charge in [0, 0.05) is 18.0 Å². The first-order valence-corrected chi connectivity index (χ1v) is 7.12. The summed E-state index contributed by atoms with van der Waals surface area (Å²) in [6.45, 7) is 3.99. The standard InChI is InChI=1S/C17H17N3O2/c1-12(2)21-14-7-5-6-13(10-14)20-17-19-11-16(22-17)15-8-3-4-9-18-15/h3-12H,1-2H3,(H,19,20). The smallest absolute Gasteiger partial charge is 0.299 e. The van der Waals surface area contributed by atoms with E-state index in [2.05, 4.69) is 15.3 Å². The molecule has 2 aromatic heterocycles. The fourth-order valence-electron chi connectivity index (χ4n) is 2.00. The van der Waals surface area contributed by atoms with Crippen LogP contribution in [-0.2, 0) is 0 Å². The van der Waals surface area contributed by atoms with Gasteiger partial charge in [0.2, 0.25) is 0 Å². The number of hydrogen-bond donors (Lipinski definition) is 1. The van der Waals surface area contributed by atoms with Crippen LogP contribution in [0.2, 0.25) is 0 Å². The predicted molar refractivity (Wildman–Crippen MR) is 85.2 cm³/mol. The molecule has 0 aliphatic heterocycles. The Kier molecular flexibility index (Phi) is 4.05. The van der Waals surface area contributed by atoms with Crippen molar-refractivity contribution in [1.82, 2.24) is 9.97 Å². The number of rotatable bonds is 5. The van der Waals surface area contributed by atoms with Crippen molar-refractivity contribution >= 4 is 11.7 Å². The van der Waals surface area contributed by atoms with Crippen molar-refractivity contribution in [3.8, 4) is 17.2 Å². The number of hydrogen-bond acceptors (Lipinski definition) is 5. The maximum Gasteiger partial charge on any atom is 0.299 e. The topological polar surface area (TPSA) is 60.2 Å². The third kappa shape index (κ3) is 3.44.